The number of ether oxygens (including phenoxy) is 1. The van der Waals surface area contributed by atoms with E-state index in [0.29, 0.717) is 6.61 Å². The van der Waals surface area contributed by atoms with Gasteiger partial charge >= 0.3 is 0 Å². The van der Waals surface area contributed by atoms with Crippen LogP contribution in [0.2, 0.25) is 5.02 Å². The Morgan fingerprint density at radius 2 is 2.00 bits per heavy atom. The van der Waals surface area contributed by atoms with Crippen molar-refractivity contribution < 1.29 is 9.13 Å². The standard InChI is InChI=1S/C15H10ClFOS/c16-11-5-6-12-10(9-19-15(12)7-11)8-18-14-4-2-1-3-13(14)17/h1-7,9H,8H2. The van der Waals surface area contributed by atoms with Crippen molar-refractivity contribution in [2.24, 2.45) is 0 Å². The first kappa shape index (κ1) is 12.5. The van der Waals surface area contributed by atoms with E-state index < -0.39 is 0 Å². The first-order valence-electron chi connectivity index (χ1n) is 5.77. The topological polar surface area (TPSA) is 9.23 Å². The van der Waals surface area contributed by atoms with Crippen LogP contribution in [0.1, 0.15) is 5.56 Å². The molecule has 0 spiro atoms. The Bertz CT molecular complexity index is 723. The zero-order valence-corrected chi connectivity index (χ0v) is 11.5. The summed E-state index contributed by atoms with van der Waals surface area (Å²) in [4.78, 5) is 0. The summed E-state index contributed by atoms with van der Waals surface area (Å²) in [6.07, 6.45) is 0. The van der Waals surface area contributed by atoms with Crippen molar-refractivity contribution in [1.82, 2.24) is 0 Å². The van der Waals surface area contributed by atoms with Gasteiger partial charge in [-0.1, -0.05) is 29.8 Å². The van der Waals surface area contributed by atoms with Gasteiger partial charge in [-0.3, -0.25) is 0 Å². The van der Waals surface area contributed by atoms with Gasteiger partial charge in [0.15, 0.2) is 11.6 Å². The molecule has 3 rings (SSSR count). The molecule has 0 bridgehead atoms. The number of para-hydroxylation sites is 1. The highest BCUT2D eigenvalue weighted by Gasteiger charge is 2.07. The molecule has 1 nitrogen and oxygen atoms in total. The molecule has 0 aliphatic rings. The molecule has 0 atom stereocenters. The first-order valence-corrected chi connectivity index (χ1v) is 7.03. The van der Waals surface area contributed by atoms with E-state index >= 15 is 0 Å². The highest BCUT2D eigenvalue weighted by Crippen LogP contribution is 2.29. The minimum atomic E-state index is -0.343. The Morgan fingerprint density at radius 3 is 2.84 bits per heavy atom. The molecule has 96 valence electrons. The van der Waals surface area contributed by atoms with E-state index in [1.165, 1.54) is 6.07 Å². The summed E-state index contributed by atoms with van der Waals surface area (Å²) in [6, 6.07) is 12.2. The van der Waals surface area contributed by atoms with Crippen LogP contribution in [0.5, 0.6) is 5.75 Å². The summed E-state index contributed by atoms with van der Waals surface area (Å²) in [5.74, 6) is -0.0686. The van der Waals surface area contributed by atoms with Gasteiger partial charge in [0, 0.05) is 15.3 Å². The summed E-state index contributed by atoms with van der Waals surface area (Å²) in [5, 5.41) is 3.84. The fourth-order valence-corrected chi connectivity index (χ4v) is 3.11. The molecule has 0 saturated carbocycles. The van der Waals surface area contributed by atoms with Crippen molar-refractivity contribution in [3.05, 3.63) is 64.2 Å². The predicted molar refractivity (Wildman–Crippen MR) is 77.6 cm³/mol. The third-order valence-electron chi connectivity index (χ3n) is 2.84. The van der Waals surface area contributed by atoms with Gasteiger partial charge < -0.3 is 4.74 Å². The zero-order valence-electron chi connectivity index (χ0n) is 9.90. The summed E-state index contributed by atoms with van der Waals surface area (Å²) < 4.78 is 20.1. The van der Waals surface area contributed by atoms with E-state index in [4.69, 9.17) is 16.3 Å². The van der Waals surface area contributed by atoms with Crippen LogP contribution >= 0.6 is 22.9 Å². The molecule has 0 N–H and O–H groups in total. The van der Waals surface area contributed by atoms with Crippen molar-refractivity contribution in [3.8, 4) is 5.75 Å². The molecule has 2 aromatic carbocycles. The molecular formula is C15H10ClFOS. The van der Waals surface area contributed by atoms with Crippen LogP contribution in [0.4, 0.5) is 4.39 Å². The minimum absolute atomic E-state index is 0.274. The lowest BCUT2D eigenvalue weighted by molar-refractivity contribution is 0.292. The summed E-state index contributed by atoms with van der Waals surface area (Å²) in [7, 11) is 0. The number of fused-ring (bicyclic) bond motifs is 1. The van der Waals surface area contributed by atoms with Crippen LogP contribution in [0.15, 0.2) is 47.8 Å². The number of halogens is 2. The average Bonchev–Trinajstić information content (AvgIpc) is 2.80. The van der Waals surface area contributed by atoms with Gasteiger partial charge in [-0.05, 0) is 35.0 Å². The number of rotatable bonds is 3. The summed E-state index contributed by atoms with van der Waals surface area (Å²) in [5.41, 5.74) is 1.04. The highest BCUT2D eigenvalue weighted by molar-refractivity contribution is 7.17. The van der Waals surface area contributed by atoms with Crippen molar-refractivity contribution >= 4 is 33.0 Å². The molecule has 0 aliphatic carbocycles. The molecule has 1 heterocycles. The monoisotopic (exact) mass is 292 g/mol. The van der Waals surface area contributed by atoms with Gasteiger partial charge in [-0.25, -0.2) is 4.39 Å². The van der Waals surface area contributed by atoms with E-state index in [1.807, 2.05) is 23.6 Å². The van der Waals surface area contributed by atoms with Gasteiger partial charge in [0.05, 0.1) is 0 Å². The Balaban J connectivity index is 1.84. The predicted octanol–water partition coefficient (Wildman–Crippen LogP) is 5.27. The molecular weight excluding hydrogens is 283 g/mol. The molecule has 0 amide bonds. The summed E-state index contributed by atoms with van der Waals surface area (Å²) >= 11 is 7.56. The quantitative estimate of drug-likeness (QED) is 0.639. The Labute approximate surface area is 119 Å². The maximum Gasteiger partial charge on any atom is 0.165 e. The lowest BCUT2D eigenvalue weighted by Gasteiger charge is -2.06. The van der Waals surface area contributed by atoms with Crippen molar-refractivity contribution in [1.29, 1.82) is 0 Å². The highest BCUT2D eigenvalue weighted by atomic mass is 35.5. The van der Waals surface area contributed by atoms with Crippen LogP contribution < -0.4 is 4.74 Å². The second kappa shape index (κ2) is 5.19. The molecule has 4 heteroatoms. The van der Waals surface area contributed by atoms with E-state index in [0.717, 1.165) is 20.7 Å². The van der Waals surface area contributed by atoms with E-state index in [1.54, 1.807) is 29.5 Å². The molecule has 0 fully saturated rings. The Morgan fingerprint density at radius 1 is 1.16 bits per heavy atom. The molecule has 19 heavy (non-hydrogen) atoms. The van der Waals surface area contributed by atoms with Crippen LogP contribution in [-0.4, -0.2) is 0 Å². The van der Waals surface area contributed by atoms with E-state index in [-0.39, 0.29) is 11.6 Å². The van der Waals surface area contributed by atoms with E-state index in [2.05, 4.69) is 0 Å². The Kier molecular flexibility index (Phi) is 3.40. The lowest BCUT2D eigenvalue weighted by atomic mass is 10.2. The smallest absolute Gasteiger partial charge is 0.165 e. The first-order chi connectivity index (χ1) is 9.24. The second-order valence-electron chi connectivity index (χ2n) is 4.12. The van der Waals surface area contributed by atoms with Crippen molar-refractivity contribution in [3.63, 3.8) is 0 Å². The molecule has 3 aromatic rings. The van der Waals surface area contributed by atoms with Crippen molar-refractivity contribution in [2.45, 2.75) is 6.61 Å². The summed E-state index contributed by atoms with van der Waals surface area (Å²) in [6.45, 7) is 0.350. The van der Waals surface area contributed by atoms with Gasteiger partial charge in [-0.2, -0.15) is 0 Å². The number of thiophene rings is 1. The van der Waals surface area contributed by atoms with Crippen LogP contribution in [-0.2, 0) is 6.61 Å². The van der Waals surface area contributed by atoms with Crippen LogP contribution in [0.25, 0.3) is 10.1 Å². The van der Waals surface area contributed by atoms with Crippen molar-refractivity contribution in [2.75, 3.05) is 0 Å². The third kappa shape index (κ3) is 2.57. The maximum absolute atomic E-state index is 13.4. The SMILES string of the molecule is Fc1ccccc1OCc1csc2cc(Cl)ccc12. The number of hydrogen-bond donors (Lipinski definition) is 0. The molecule has 0 aliphatic heterocycles. The van der Waals surface area contributed by atoms with Gasteiger partial charge in [0.25, 0.3) is 0 Å². The second-order valence-corrected chi connectivity index (χ2v) is 5.47. The fourth-order valence-electron chi connectivity index (χ4n) is 1.89. The minimum Gasteiger partial charge on any atom is -0.486 e. The molecule has 0 unspecified atom stereocenters. The molecule has 0 radical (unpaired) electrons. The molecule has 0 saturated heterocycles. The van der Waals surface area contributed by atoms with Gasteiger partial charge in [0.1, 0.15) is 6.61 Å². The average molecular weight is 293 g/mol. The number of hydrogen-bond acceptors (Lipinski definition) is 2. The Hall–Kier alpha value is -1.58. The third-order valence-corrected chi connectivity index (χ3v) is 4.07. The van der Waals surface area contributed by atoms with E-state index in [9.17, 15) is 4.39 Å². The number of benzene rings is 2. The molecule has 1 aromatic heterocycles. The largest absolute Gasteiger partial charge is 0.486 e. The van der Waals surface area contributed by atoms with Crippen LogP contribution in [0.3, 0.4) is 0 Å². The zero-order chi connectivity index (χ0) is 13.2. The van der Waals surface area contributed by atoms with Crippen LogP contribution in [0, 0.1) is 5.82 Å². The lowest BCUT2D eigenvalue weighted by Crippen LogP contribution is -1.96. The fraction of sp³-hybridized carbons (Fsp3) is 0.0667. The normalized spacial score (nSPS) is 10.8. The van der Waals surface area contributed by atoms with Gasteiger partial charge in [-0.15, -0.1) is 11.3 Å². The maximum atomic E-state index is 13.4. The van der Waals surface area contributed by atoms with Gasteiger partial charge in [0.2, 0.25) is 0 Å².